The van der Waals surface area contributed by atoms with Gasteiger partial charge in [0.05, 0.1) is 30.9 Å². The highest BCUT2D eigenvalue weighted by Crippen LogP contribution is 2.31. The number of nitrogens with two attached hydrogens (primary N) is 1. The number of hydrogen-bond donors (Lipinski definition) is 5. The van der Waals surface area contributed by atoms with Gasteiger partial charge in [-0.3, -0.25) is 15.2 Å². The van der Waals surface area contributed by atoms with E-state index < -0.39 is 16.1 Å². The van der Waals surface area contributed by atoms with Crippen molar-refractivity contribution in [2.24, 2.45) is 10.8 Å². The third-order valence-electron chi connectivity index (χ3n) is 3.38. The number of aromatic hydroxyl groups is 1. The molecular weight excluding hydrogens is 404 g/mol. The molecule has 0 aliphatic rings. The molecule has 0 radical (unpaired) electrons. The number of hydrazone groups is 1. The quantitative estimate of drug-likeness (QED) is 0.205. The molecule has 0 heterocycles. The Labute approximate surface area is 167 Å². The minimum atomic E-state index is -4.02. The van der Waals surface area contributed by atoms with Gasteiger partial charge in [-0.25, -0.2) is 0 Å². The van der Waals surface area contributed by atoms with Gasteiger partial charge in [0.15, 0.2) is 0 Å². The Morgan fingerprint density at radius 1 is 1.21 bits per heavy atom. The van der Waals surface area contributed by atoms with Crippen molar-refractivity contribution < 1.29 is 32.8 Å². The molecule has 2 aromatic rings. The van der Waals surface area contributed by atoms with Crippen LogP contribution in [-0.2, 0) is 10.1 Å². The van der Waals surface area contributed by atoms with Crippen LogP contribution >= 0.6 is 0 Å². The number of nitrogens with one attached hydrogen (secondary N) is 1. The fraction of sp³-hybridized carbons (Fsp3) is 0.176. The van der Waals surface area contributed by atoms with Crippen LogP contribution in [0.2, 0.25) is 0 Å². The van der Waals surface area contributed by atoms with Crippen LogP contribution in [0, 0.1) is 12.3 Å². The second kappa shape index (κ2) is 10.3. The molecule has 0 bridgehead atoms. The van der Waals surface area contributed by atoms with E-state index in [-0.39, 0.29) is 21.4 Å². The standard InChI is InChI=1S/C10H14N4O4.C7H8O3S/c1-17-6-3-8(15)7(9(4-6)18-2)5-13-14(16)10(11)12;1-6-2-4-7(5-3-6)11(8,9)10/h3-5,15-16H,1-2H3,(H3,11,12);2-5H,1H3,(H,8,9,10)/b13-5+;. The first kappa shape index (κ1) is 23.7. The van der Waals surface area contributed by atoms with E-state index in [1.165, 1.54) is 38.5 Å². The largest absolute Gasteiger partial charge is 0.507 e. The molecule has 12 heteroatoms. The second-order valence-electron chi connectivity index (χ2n) is 5.47. The van der Waals surface area contributed by atoms with Crippen molar-refractivity contribution in [3.05, 3.63) is 47.5 Å². The Morgan fingerprint density at radius 2 is 1.79 bits per heavy atom. The highest BCUT2D eigenvalue weighted by atomic mass is 32.2. The molecule has 0 saturated carbocycles. The fourth-order valence-corrected chi connectivity index (χ4v) is 2.37. The predicted octanol–water partition coefficient (Wildman–Crippen LogP) is 1.57. The first-order chi connectivity index (χ1) is 13.5. The van der Waals surface area contributed by atoms with Crippen LogP contribution in [0.15, 0.2) is 46.4 Å². The van der Waals surface area contributed by atoms with Gasteiger partial charge in [0.1, 0.15) is 17.2 Å². The van der Waals surface area contributed by atoms with E-state index in [0.29, 0.717) is 11.5 Å². The molecule has 0 aromatic heterocycles. The van der Waals surface area contributed by atoms with Gasteiger partial charge in [-0.05, 0) is 19.1 Å². The maximum Gasteiger partial charge on any atom is 0.294 e. The summed E-state index contributed by atoms with van der Waals surface area (Å²) in [5.41, 5.74) is 6.16. The van der Waals surface area contributed by atoms with Crippen molar-refractivity contribution in [2.75, 3.05) is 14.2 Å². The van der Waals surface area contributed by atoms with Crippen LogP contribution in [0.25, 0.3) is 0 Å². The topological polar surface area (TPSA) is 179 Å². The van der Waals surface area contributed by atoms with Crippen LogP contribution in [0.4, 0.5) is 0 Å². The molecule has 2 aromatic carbocycles. The molecule has 0 atom stereocenters. The smallest absolute Gasteiger partial charge is 0.294 e. The normalized spacial score (nSPS) is 10.8. The molecule has 0 amide bonds. The summed E-state index contributed by atoms with van der Waals surface area (Å²) < 4.78 is 39.6. The van der Waals surface area contributed by atoms with Crippen LogP contribution in [0.5, 0.6) is 17.2 Å². The highest BCUT2D eigenvalue weighted by molar-refractivity contribution is 7.85. The van der Waals surface area contributed by atoms with Gasteiger partial charge >= 0.3 is 0 Å². The molecule has 0 aliphatic heterocycles. The van der Waals surface area contributed by atoms with Crippen molar-refractivity contribution in [3.8, 4) is 17.2 Å². The predicted molar refractivity (Wildman–Crippen MR) is 105 cm³/mol. The molecule has 0 unspecified atom stereocenters. The molecule has 29 heavy (non-hydrogen) atoms. The minimum Gasteiger partial charge on any atom is -0.507 e. The number of benzene rings is 2. The Kier molecular flexibility index (Phi) is 8.38. The Morgan fingerprint density at radius 3 is 2.24 bits per heavy atom. The van der Waals surface area contributed by atoms with Crippen LogP contribution < -0.4 is 15.2 Å². The number of hydroxylamine groups is 1. The van der Waals surface area contributed by atoms with Gasteiger partial charge < -0.3 is 20.3 Å². The number of methoxy groups -OCH3 is 2. The minimum absolute atomic E-state index is 0.0666. The first-order valence-corrected chi connectivity index (χ1v) is 9.29. The lowest BCUT2D eigenvalue weighted by Gasteiger charge is -2.10. The molecular formula is C17H22N4O7S. The number of phenols is 1. The summed E-state index contributed by atoms with van der Waals surface area (Å²) in [5.74, 6) is -0.0911. The molecule has 11 nitrogen and oxygen atoms in total. The van der Waals surface area contributed by atoms with E-state index in [1.54, 1.807) is 12.1 Å². The number of hydrogen-bond acceptors (Lipinski definition) is 8. The van der Waals surface area contributed by atoms with Crippen LogP contribution in [0.1, 0.15) is 11.1 Å². The van der Waals surface area contributed by atoms with Gasteiger partial charge in [0.25, 0.3) is 10.1 Å². The average molecular weight is 426 g/mol. The van der Waals surface area contributed by atoms with Crippen molar-refractivity contribution in [1.82, 2.24) is 5.17 Å². The van der Waals surface area contributed by atoms with Crippen molar-refractivity contribution in [2.45, 2.75) is 11.8 Å². The number of nitrogens with zero attached hydrogens (tertiary/aromatic N) is 2. The zero-order chi connectivity index (χ0) is 22.2. The van der Waals surface area contributed by atoms with E-state index in [4.69, 9.17) is 30.4 Å². The lowest BCUT2D eigenvalue weighted by molar-refractivity contribution is -0.0139. The van der Waals surface area contributed by atoms with E-state index >= 15 is 0 Å². The summed E-state index contributed by atoms with van der Waals surface area (Å²) in [4.78, 5) is -0.0666. The lowest BCUT2D eigenvalue weighted by atomic mass is 10.2. The second-order valence-corrected chi connectivity index (χ2v) is 6.89. The summed E-state index contributed by atoms with van der Waals surface area (Å²) >= 11 is 0. The first-order valence-electron chi connectivity index (χ1n) is 7.85. The number of aryl methyl sites for hydroxylation is 1. The Bertz CT molecular complexity index is 976. The summed E-state index contributed by atoms with van der Waals surface area (Å²) in [6, 6.07) is 8.89. The van der Waals surface area contributed by atoms with Gasteiger partial charge in [0.2, 0.25) is 5.96 Å². The SMILES string of the molecule is COc1cc(O)c(/C=N/N(O)C(=N)N)c(OC)c1.Cc1ccc(S(=O)(=O)O)cc1. The molecule has 0 spiro atoms. The van der Waals surface area contributed by atoms with Gasteiger partial charge in [-0.2, -0.15) is 13.5 Å². The Balaban J connectivity index is 0.000000326. The van der Waals surface area contributed by atoms with E-state index in [2.05, 4.69) is 5.10 Å². The molecule has 0 aliphatic carbocycles. The molecule has 6 N–H and O–H groups in total. The summed E-state index contributed by atoms with van der Waals surface area (Å²) in [6.45, 7) is 1.84. The highest BCUT2D eigenvalue weighted by Gasteiger charge is 2.10. The molecule has 0 saturated heterocycles. The molecule has 0 fully saturated rings. The van der Waals surface area contributed by atoms with Crippen molar-refractivity contribution in [1.29, 1.82) is 5.41 Å². The Hall–Kier alpha value is -3.35. The van der Waals surface area contributed by atoms with Gasteiger partial charge in [-0.1, -0.05) is 17.7 Å². The van der Waals surface area contributed by atoms with Crippen molar-refractivity contribution >= 4 is 22.3 Å². The summed E-state index contributed by atoms with van der Waals surface area (Å²) in [5, 5.41) is 29.3. The van der Waals surface area contributed by atoms with Crippen LogP contribution in [0.3, 0.4) is 0 Å². The van der Waals surface area contributed by atoms with Crippen molar-refractivity contribution in [3.63, 3.8) is 0 Å². The lowest BCUT2D eigenvalue weighted by Crippen LogP contribution is -2.28. The van der Waals surface area contributed by atoms with Gasteiger partial charge in [0, 0.05) is 12.1 Å². The van der Waals surface area contributed by atoms with E-state index in [9.17, 15) is 13.5 Å². The number of ether oxygens (including phenoxy) is 2. The maximum atomic E-state index is 10.5. The summed E-state index contributed by atoms with van der Waals surface area (Å²) in [7, 11) is -1.16. The number of guanidine groups is 1. The van der Waals surface area contributed by atoms with Gasteiger partial charge in [-0.15, -0.1) is 5.17 Å². The fourth-order valence-electron chi connectivity index (χ4n) is 1.89. The van der Waals surface area contributed by atoms with E-state index in [0.717, 1.165) is 11.8 Å². The number of phenolic OH excluding ortho intramolecular Hbond substituents is 1. The molecule has 158 valence electrons. The average Bonchev–Trinajstić information content (AvgIpc) is 2.66. The van der Waals surface area contributed by atoms with E-state index in [1.807, 2.05) is 6.92 Å². The monoisotopic (exact) mass is 426 g/mol. The molecule has 2 rings (SSSR count). The zero-order valence-corrected chi connectivity index (χ0v) is 16.7. The zero-order valence-electron chi connectivity index (χ0n) is 15.9. The maximum absolute atomic E-state index is 10.5. The number of rotatable bonds is 5. The third-order valence-corrected chi connectivity index (χ3v) is 4.25. The summed E-state index contributed by atoms with van der Waals surface area (Å²) in [6.07, 6.45) is 1.11. The third kappa shape index (κ3) is 7.29. The van der Waals surface area contributed by atoms with Crippen LogP contribution in [-0.4, -0.2) is 54.9 Å².